The minimum atomic E-state index is -1.02. The second-order valence-corrected chi connectivity index (χ2v) is 8.87. The van der Waals surface area contributed by atoms with E-state index in [1.807, 2.05) is 18.2 Å². The van der Waals surface area contributed by atoms with Gasteiger partial charge in [-0.05, 0) is 48.1 Å². The Hall–Kier alpha value is -3.39. The fraction of sp³-hybridized carbons (Fsp3) is 0.227. The monoisotopic (exact) mass is 422 g/mol. The van der Waals surface area contributed by atoms with Crippen LogP contribution in [0, 0.1) is 5.41 Å². The molecule has 3 N–H and O–H groups in total. The summed E-state index contributed by atoms with van der Waals surface area (Å²) in [6, 6.07) is 12.3. The van der Waals surface area contributed by atoms with Crippen LogP contribution in [0.25, 0.3) is 10.4 Å². The molecule has 1 aliphatic carbocycles. The second-order valence-electron chi connectivity index (χ2n) is 7.89. The SMILES string of the molecule is O=C(O)c1ccc2c(c1)N(Cc1ccc(-c3sc(=O)[nH]c3O)cc1)C(=O)C1(CC1)C2. The molecule has 5 rings (SSSR count). The molecule has 2 aromatic carbocycles. The highest BCUT2D eigenvalue weighted by Gasteiger charge is 2.54. The van der Waals surface area contributed by atoms with Gasteiger partial charge in [0.1, 0.15) is 0 Å². The molecule has 152 valence electrons. The van der Waals surface area contributed by atoms with Gasteiger partial charge in [0, 0.05) is 5.69 Å². The molecule has 0 radical (unpaired) electrons. The largest absolute Gasteiger partial charge is 0.493 e. The maximum atomic E-state index is 13.2. The van der Waals surface area contributed by atoms with Crippen molar-refractivity contribution in [2.75, 3.05) is 4.90 Å². The average molecular weight is 422 g/mol. The van der Waals surface area contributed by atoms with Gasteiger partial charge < -0.3 is 15.1 Å². The summed E-state index contributed by atoms with van der Waals surface area (Å²) < 4.78 is 0. The van der Waals surface area contributed by atoms with Crippen LogP contribution in [-0.4, -0.2) is 27.1 Å². The molecule has 1 fully saturated rings. The molecule has 2 heterocycles. The van der Waals surface area contributed by atoms with Crippen LogP contribution in [0.15, 0.2) is 47.3 Å². The molecule has 2 aliphatic rings. The first-order chi connectivity index (χ1) is 14.4. The standard InChI is InChI=1S/C22H18N2O5S/c25-18-17(30-21(29)23-18)13-3-1-12(2-4-13)11-24-16-9-14(19(26)27)5-6-15(16)10-22(7-8-22)20(24)28/h1-6,9,25H,7-8,10-11H2,(H,23,29)(H,26,27). The first-order valence-corrected chi connectivity index (χ1v) is 10.4. The highest BCUT2D eigenvalue weighted by Crippen LogP contribution is 2.54. The summed E-state index contributed by atoms with van der Waals surface area (Å²) in [4.78, 5) is 40.2. The predicted octanol–water partition coefficient (Wildman–Crippen LogP) is 3.38. The van der Waals surface area contributed by atoms with Crippen molar-refractivity contribution in [3.8, 4) is 16.3 Å². The summed E-state index contributed by atoms with van der Waals surface area (Å²) in [6.45, 7) is 0.326. The lowest BCUT2D eigenvalue weighted by molar-refractivity contribution is -0.124. The van der Waals surface area contributed by atoms with Gasteiger partial charge in [-0.3, -0.25) is 14.6 Å². The van der Waals surface area contributed by atoms with Crippen LogP contribution in [0.3, 0.4) is 0 Å². The van der Waals surface area contributed by atoms with Gasteiger partial charge in [-0.2, -0.15) is 0 Å². The van der Waals surface area contributed by atoms with E-state index in [1.54, 1.807) is 29.2 Å². The summed E-state index contributed by atoms with van der Waals surface area (Å²) in [5.41, 5.74) is 3.04. The number of rotatable bonds is 4. The molecule has 1 aromatic heterocycles. The normalized spacial score (nSPS) is 16.5. The number of carbonyl (C=O) groups excluding carboxylic acids is 1. The Morgan fingerprint density at radius 2 is 1.87 bits per heavy atom. The minimum Gasteiger partial charge on any atom is -0.493 e. The maximum absolute atomic E-state index is 13.2. The number of nitrogens with one attached hydrogen (secondary N) is 1. The quantitative estimate of drug-likeness (QED) is 0.597. The molecule has 3 aromatic rings. The lowest BCUT2D eigenvalue weighted by Crippen LogP contribution is -2.42. The van der Waals surface area contributed by atoms with Crippen molar-refractivity contribution in [1.29, 1.82) is 0 Å². The van der Waals surface area contributed by atoms with E-state index in [1.165, 1.54) is 0 Å². The van der Waals surface area contributed by atoms with Crippen molar-refractivity contribution in [3.05, 3.63) is 68.8 Å². The Bertz CT molecular complexity index is 1240. The topological polar surface area (TPSA) is 111 Å². The fourth-order valence-corrected chi connectivity index (χ4v) is 4.83. The van der Waals surface area contributed by atoms with Gasteiger partial charge in [0.05, 0.1) is 22.4 Å². The Labute approximate surface area is 175 Å². The van der Waals surface area contributed by atoms with E-state index in [0.717, 1.165) is 35.3 Å². The number of carboxylic acid groups (broad SMARTS) is 1. The number of benzene rings is 2. The molecular formula is C22H18N2O5S. The van der Waals surface area contributed by atoms with E-state index in [2.05, 4.69) is 4.98 Å². The summed E-state index contributed by atoms with van der Waals surface area (Å²) in [7, 11) is 0. The molecule has 7 nitrogen and oxygen atoms in total. The van der Waals surface area contributed by atoms with Crippen molar-refractivity contribution in [2.45, 2.75) is 25.8 Å². The van der Waals surface area contributed by atoms with E-state index in [4.69, 9.17) is 0 Å². The van der Waals surface area contributed by atoms with Gasteiger partial charge in [0.15, 0.2) is 0 Å². The van der Waals surface area contributed by atoms with Crippen molar-refractivity contribution in [1.82, 2.24) is 4.98 Å². The van der Waals surface area contributed by atoms with Crippen LogP contribution >= 0.6 is 11.3 Å². The van der Waals surface area contributed by atoms with E-state index in [0.29, 0.717) is 29.1 Å². The smallest absolute Gasteiger partial charge is 0.335 e. The molecule has 8 heteroatoms. The average Bonchev–Trinajstić information content (AvgIpc) is 3.41. The molecular weight excluding hydrogens is 404 g/mol. The van der Waals surface area contributed by atoms with Crippen LogP contribution in [0.5, 0.6) is 5.88 Å². The summed E-state index contributed by atoms with van der Waals surface area (Å²) >= 11 is 0.931. The number of amides is 1. The number of carboxylic acids is 1. The number of carbonyl (C=O) groups is 2. The number of aromatic hydroxyl groups is 1. The lowest BCUT2D eigenvalue weighted by atomic mass is 9.88. The van der Waals surface area contributed by atoms with Gasteiger partial charge in [-0.1, -0.05) is 41.7 Å². The van der Waals surface area contributed by atoms with E-state index in [-0.39, 0.29) is 27.6 Å². The Morgan fingerprint density at radius 3 is 2.47 bits per heavy atom. The molecule has 0 bridgehead atoms. The van der Waals surface area contributed by atoms with Crippen molar-refractivity contribution in [2.24, 2.45) is 5.41 Å². The van der Waals surface area contributed by atoms with Crippen molar-refractivity contribution < 1.29 is 19.8 Å². The molecule has 1 aliphatic heterocycles. The second kappa shape index (κ2) is 6.56. The van der Waals surface area contributed by atoms with Gasteiger partial charge in [0.2, 0.25) is 11.8 Å². The summed E-state index contributed by atoms with van der Waals surface area (Å²) in [6.07, 6.45) is 2.36. The van der Waals surface area contributed by atoms with Gasteiger partial charge in [0.25, 0.3) is 0 Å². The number of nitrogens with zero attached hydrogens (tertiary/aromatic N) is 1. The third kappa shape index (κ3) is 3.00. The minimum absolute atomic E-state index is 0.0445. The predicted molar refractivity (Wildman–Crippen MR) is 112 cm³/mol. The summed E-state index contributed by atoms with van der Waals surface area (Å²) in [5.74, 6) is -1.13. The zero-order chi connectivity index (χ0) is 21.0. The third-order valence-electron chi connectivity index (χ3n) is 5.89. The Balaban J connectivity index is 1.48. The number of aromatic amines is 1. The first-order valence-electron chi connectivity index (χ1n) is 9.56. The van der Waals surface area contributed by atoms with Gasteiger partial charge in [-0.15, -0.1) is 0 Å². The molecule has 1 saturated carbocycles. The van der Waals surface area contributed by atoms with Crippen molar-refractivity contribution >= 4 is 28.9 Å². The number of anilines is 1. The number of aromatic nitrogens is 1. The van der Waals surface area contributed by atoms with E-state index < -0.39 is 5.97 Å². The van der Waals surface area contributed by atoms with Crippen LogP contribution in [0.2, 0.25) is 0 Å². The number of thiazole rings is 1. The molecule has 0 saturated heterocycles. The van der Waals surface area contributed by atoms with Gasteiger partial charge >= 0.3 is 10.8 Å². The van der Waals surface area contributed by atoms with E-state index in [9.17, 15) is 24.6 Å². The molecule has 0 unspecified atom stereocenters. The number of hydrogen-bond donors (Lipinski definition) is 3. The van der Waals surface area contributed by atoms with Crippen LogP contribution < -0.4 is 9.77 Å². The summed E-state index contributed by atoms with van der Waals surface area (Å²) in [5, 5.41) is 19.2. The van der Waals surface area contributed by atoms with Gasteiger partial charge in [-0.25, -0.2) is 4.79 Å². The highest BCUT2D eigenvalue weighted by atomic mass is 32.1. The van der Waals surface area contributed by atoms with Crippen LogP contribution in [0.4, 0.5) is 5.69 Å². The lowest BCUT2D eigenvalue weighted by Gasteiger charge is -2.35. The Kier molecular flexibility index (Phi) is 4.08. The number of H-pyrrole nitrogens is 1. The fourth-order valence-electron chi connectivity index (χ4n) is 4.09. The third-order valence-corrected chi connectivity index (χ3v) is 6.81. The zero-order valence-corrected chi connectivity index (χ0v) is 16.7. The highest BCUT2D eigenvalue weighted by molar-refractivity contribution is 7.13. The first kappa shape index (κ1) is 18.6. The number of hydrogen-bond acceptors (Lipinski definition) is 5. The van der Waals surface area contributed by atoms with Crippen LogP contribution in [0.1, 0.15) is 34.3 Å². The molecule has 0 atom stereocenters. The number of aromatic carboxylic acids is 1. The number of fused-ring (bicyclic) bond motifs is 1. The molecule has 1 amide bonds. The van der Waals surface area contributed by atoms with E-state index >= 15 is 0 Å². The maximum Gasteiger partial charge on any atom is 0.335 e. The molecule has 1 spiro atoms. The van der Waals surface area contributed by atoms with Crippen molar-refractivity contribution in [3.63, 3.8) is 0 Å². The zero-order valence-electron chi connectivity index (χ0n) is 15.8. The Morgan fingerprint density at radius 1 is 1.13 bits per heavy atom. The van der Waals surface area contributed by atoms with Crippen LogP contribution in [-0.2, 0) is 17.8 Å². The molecule has 30 heavy (non-hydrogen) atoms.